The summed E-state index contributed by atoms with van der Waals surface area (Å²) < 4.78 is 5.32. The van der Waals surface area contributed by atoms with Crippen LogP contribution in [-0.4, -0.2) is 47.0 Å². The molecule has 0 aromatic carbocycles. The smallest absolute Gasteiger partial charge is 0.262 e. The van der Waals surface area contributed by atoms with Crippen molar-refractivity contribution in [3.8, 4) is 0 Å². The van der Waals surface area contributed by atoms with Crippen molar-refractivity contribution < 1.29 is 9.53 Å². The highest BCUT2D eigenvalue weighted by Crippen LogP contribution is 2.28. The van der Waals surface area contributed by atoms with Crippen LogP contribution in [-0.2, 0) is 11.2 Å². The Hall–Kier alpha value is -2.28. The Morgan fingerprint density at radius 2 is 2.04 bits per heavy atom. The van der Waals surface area contributed by atoms with E-state index < -0.39 is 0 Å². The molecule has 3 heterocycles. The van der Waals surface area contributed by atoms with Crippen molar-refractivity contribution in [3.63, 3.8) is 0 Å². The monoisotopic (exact) mass is 314 g/mol. The Morgan fingerprint density at radius 1 is 1.26 bits per heavy atom. The zero-order valence-corrected chi connectivity index (χ0v) is 13.0. The van der Waals surface area contributed by atoms with Crippen LogP contribution in [0.4, 0.5) is 5.95 Å². The maximum absolute atomic E-state index is 12.6. The highest BCUT2D eigenvalue weighted by Gasteiger charge is 2.26. The lowest BCUT2D eigenvalue weighted by Gasteiger charge is -2.27. The Morgan fingerprint density at radius 3 is 2.83 bits per heavy atom. The first kappa shape index (κ1) is 14.3. The molecule has 1 aliphatic carbocycles. The molecule has 4 rings (SSSR count). The number of morpholine rings is 1. The topological polar surface area (TPSA) is 88.2 Å². The SMILES string of the molecule is C[C@H]1CC(=O)c2cnc3nc(N4CCOCC4)[nH]c(=O)c3c2C1. The molecule has 1 aliphatic heterocycles. The van der Waals surface area contributed by atoms with Gasteiger partial charge in [0, 0.05) is 31.3 Å². The number of nitrogens with zero attached hydrogens (tertiary/aromatic N) is 3. The average molecular weight is 314 g/mol. The largest absolute Gasteiger partial charge is 0.378 e. The number of carbonyl (C=O) groups excluding carboxylic acids is 1. The van der Waals surface area contributed by atoms with E-state index in [1.165, 1.54) is 0 Å². The number of anilines is 1. The Balaban J connectivity index is 1.87. The minimum absolute atomic E-state index is 0.0600. The fourth-order valence-corrected chi connectivity index (χ4v) is 3.38. The van der Waals surface area contributed by atoms with Gasteiger partial charge in [0.15, 0.2) is 11.4 Å². The van der Waals surface area contributed by atoms with Crippen LogP contribution in [0.1, 0.15) is 29.3 Å². The molecule has 0 spiro atoms. The van der Waals surface area contributed by atoms with Crippen LogP contribution in [0.5, 0.6) is 0 Å². The van der Waals surface area contributed by atoms with Crippen molar-refractivity contribution >= 4 is 22.8 Å². The van der Waals surface area contributed by atoms with Gasteiger partial charge in [-0.05, 0) is 17.9 Å². The number of pyridine rings is 1. The van der Waals surface area contributed by atoms with E-state index in [2.05, 4.69) is 15.0 Å². The fraction of sp³-hybridized carbons (Fsp3) is 0.500. The van der Waals surface area contributed by atoms with Crippen molar-refractivity contribution in [2.75, 3.05) is 31.2 Å². The number of hydrogen-bond donors (Lipinski definition) is 1. The second kappa shape index (κ2) is 5.42. The number of hydrogen-bond acceptors (Lipinski definition) is 6. The molecule has 2 aromatic rings. The van der Waals surface area contributed by atoms with E-state index in [1.807, 2.05) is 11.8 Å². The Labute approximate surface area is 132 Å². The third-order valence-electron chi connectivity index (χ3n) is 4.53. The van der Waals surface area contributed by atoms with Gasteiger partial charge in [-0.15, -0.1) is 0 Å². The third-order valence-corrected chi connectivity index (χ3v) is 4.53. The molecule has 1 atom stereocenters. The highest BCUT2D eigenvalue weighted by atomic mass is 16.5. The highest BCUT2D eigenvalue weighted by molar-refractivity contribution is 6.02. The summed E-state index contributed by atoms with van der Waals surface area (Å²) in [5.41, 5.74) is 1.56. The van der Waals surface area contributed by atoms with Crippen molar-refractivity contribution in [1.82, 2.24) is 15.0 Å². The van der Waals surface area contributed by atoms with E-state index in [4.69, 9.17) is 4.74 Å². The lowest BCUT2D eigenvalue weighted by Crippen LogP contribution is -2.38. The van der Waals surface area contributed by atoms with Crippen LogP contribution in [0.15, 0.2) is 11.0 Å². The number of fused-ring (bicyclic) bond motifs is 3. The number of ether oxygens (including phenoxy) is 1. The van der Waals surface area contributed by atoms with Crippen LogP contribution in [0, 0.1) is 5.92 Å². The molecule has 7 nitrogen and oxygen atoms in total. The van der Waals surface area contributed by atoms with Gasteiger partial charge in [-0.3, -0.25) is 14.6 Å². The normalized spacial score (nSPS) is 21.5. The van der Waals surface area contributed by atoms with E-state index in [0.717, 1.165) is 5.56 Å². The van der Waals surface area contributed by atoms with Crippen LogP contribution >= 0.6 is 0 Å². The predicted octanol–water partition coefficient (Wildman–Crippen LogP) is 0.920. The van der Waals surface area contributed by atoms with Gasteiger partial charge in [0.1, 0.15) is 0 Å². The van der Waals surface area contributed by atoms with Gasteiger partial charge < -0.3 is 9.64 Å². The number of H-pyrrole nitrogens is 1. The van der Waals surface area contributed by atoms with Crippen LogP contribution in [0.2, 0.25) is 0 Å². The van der Waals surface area contributed by atoms with Gasteiger partial charge in [-0.25, -0.2) is 4.98 Å². The summed E-state index contributed by atoms with van der Waals surface area (Å²) in [6.07, 6.45) is 2.79. The second-order valence-corrected chi connectivity index (χ2v) is 6.27. The average Bonchev–Trinajstić information content (AvgIpc) is 2.54. The summed E-state index contributed by atoms with van der Waals surface area (Å²) in [6, 6.07) is 0. The van der Waals surface area contributed by atoms with Crippen molar-refractivity contribution in [3.05, 3.63) is 27.7 Å². The maximum atomic E-state index is 12.6. The number of carbonyl (C=O) groups is 1. The molecule has 0 bridgehead atoms. The summed E-state index contributed by atoms with van der Waals surface area (Å²) in [5.74, 6) is 0.817. The Bertz CT molecular complexity index is 839. The molecule has 120 valence electrons. The standard InChI is InChI=1S/C16H18N4O3/c1-9-6-10-11(12(21)7-9)8-17-14-13(10)15(22)19-16(18-14)20-2-4-23-5-3-20/h8-9H,2-7H2,1H3,(H,17,18,19,22)/t9-/m1/s1. The van der Waals surface area contributed by atoms with E-state index >= 15 is 0 Å². The number of rotatable bonds is 1. The summed E-state index contributed by atoms with van der Waals surface area (Å²) >= 11 is 0. The molecule has 7 heteroatoms. The quantitative estimate of drug-likeness (QED) is 0.842. The molecule has 2 aliphatic rings. The van der Waals surface area contributed by atoms with Crippen LogP contribution in [0.25, 0.3) is 11.0 Å². The van der Waals surface area contributed by atoms with Gasteiger partial charge in [0.2, 0.25) is 5.95 Å². The van der Waals surface area contributed by atoms with Gasteiger partial charge >= 0.3 is 0 Å². The molecule has 0 radical (unpaired) electrons. The molecule has 0 unspecified atom stereocenters. The third kappa shape index (κ3) is 2.41. The molecular formula is C16H18N4O3. The molecule has 0 amide bonds. The maximum Gasteiger partial charge on any atom is 0.262 e. The number of Topliss-reactive ketones (excluding diaryl/α,β-unsaturated/α-hetero) is 1. The van der Waals surface area contributed by atoms with Crippen molar-refractivity contribution in [2.24, 2.45) is 5.92 Å². The molecular weight excluding hydrogens is 296 g/mol. The minimum atomic E-state index is -0.220. The van der Waals surface area contributed by atoms with Gasteiger partial charge in [0.05, 0.1) is 18.6 Å². The lowest BCUT2D eigenvalue weighted by molar-refractivity contribution is 0.0953. The minimum Gasteiger partial charge on any atom is -0.378 e. The van der Waals surface area contributed by atoms with Gasteiger partial charge in [-0.1, -0.05) is 6.92 Å². The second-order valence-electron chi connectivity index (χ2n) is 6.27. The van der Waals surface area contributed by atoms with Crippen molar-refractivity contribution in [1.29, 1.82) is 0 Å². The predicted molar refractivity (Wildman–Crippen MR) is 85.0 cm³/mol. The number of nitrogens with one attached hydrogen (secondary N) is 1. The summed E-state index contributed by atoms with van der Waals surface area (Å²) in [7, 11) is 0. The fourth-order valence-electron chi connectivity index (χ4n) is 3.38. The van der Waals surface area contributed by atoms with Crippen LogP contribution in [0.3, 0.4) is 0 Å². The van der Waals surface area contributed by atoms with E-state index in [-0.39, 0.29) is 17.3 Å². The zero-order valence-electron chi connectivity index (χ0n) is 13.0. The lowest BCUT2D eigenvalue weighted by atomic mass is 9.84. The molecule has 1 saturated heterocycles. The van der Waals surface area contributed by atoms with Gasteiger partial charge in [0.25, 0.3) is 5.56 Å². The summed E-state index contributed by atoms with van der Waals surface area (Å²) in [4.78, 5) is 38.4. The van der Waals surface area contributed by atoms with Gasteiger partial charge in [-0.2, -0.15) is 4.98 Å². The molecule has 0 saturated carbocycles. The van der Waals surface area contributed by atoms with E-state index in [0.29, 0.717) is 61.7 Å². The summed E-state index contributed by atoms with van der Waals surface area (Å²) in [6.45, 7) is 4.64. The molecule has 2 aromatic heterocycles. The van der Waals surface area contributed by atoms with Crippen molar-refractivity contribution in [2.45, 2.75) is 19.8 Å². The van der Waals surface area contributed by atoms with E-state index in [1.54, 1.807) is 6.20 Å². The van der Waals surface area contributed by atoms with E-state index in [9.17, 15) is 9.59 Å². The molecule has 1 fully saturated rings. The van der Waals surface area contributed by atoms with Crippen LogP contribution < -0.4 is 10.5 Å². The first-order valence-corrected chi connectivity index (χ1v) is 7.91. The summed E-state index contributed by atoms with van der Waals surface area (Å²) in [5, 5.41) is 0.458. The number of ketones is 1. The molecule has 23 heavy (non-hydrogen) atoms. The first-order valence-electron chi connectivity index (χ1n) is 7.91. The molecule has 1 N–H and O–H groups in total. The number of aromatic amines is 1. The Kier molecular flexibility index (Phi) is 3.37. The number of aromatic nitrogens is 3. The first-order chi connectivity index (χ1) is 11.1. The zero-order chi connectivity index (χ0) is 16.0.